The van der Waals surface area contributed by atoms with Crippen LogP contribution in [0.4, 0.5) is 0 Å². The number of hydrogen-bond acceptors (Lipinski definition) is 3. The van der Waals surface area contributed by atoms with E-state index in [1.807, 2.05) is 6.07 Å². The van der Waals surface area contributed by atoms with Gasteiger partial charge in [0.05, 0.1) is 17.8 Å². The molecule has 0 saturated carbocycles. The Morgan fingerprint density at radius 2 is 1.59 bits per heavy atom. The van der Waals surface area contributed by atoms with E-state index in [9.17, 15) is 4.79 Å². The Hall–Kier alpha value is -1.85. The minimum atomic E-state index is 0. The fourth-order valence-corrected chi connectivity index (χ4v) is 5.82. The molecule has 6 heteroatoms. The van der Waals surface area contributed by atoms with Crippen LogP contribution in [0.2, 0.25) is 0 Å². The predicted molar refractivity (Wildman–Crippen MR) is 137 cm³/mol. The van der Waals surface area contributed by atoms with Gasteiger partial charge in [0, 0.05) is 35.6 Å². The van der Waals surface area contributed by atoms with Crippen molar-refractivity contribution in [2.24, 2.45) is 0 Å². The third-order valence-corrected chi connectivity index (χ3v) is 7.23. The molecule has 2 fully saturated rings. The van der Waals surface area contributed by atoms with Crippen LogP contribution in [-0.2, 0) is 6.54 Å². The van der Waals surface area contributed by atoms with Crippen molar-refractivity contribution in [3.8, 4) is 11.3 Å². The summed E-state index contributed by atoms with van der Waals surface area (Å²) < 4.78 is 2.31. The fraction of sp³-hybridized carbons (Fsp3) is 0.423. The lowest BCUT2D eigenvalue weighted by molar-refractivity contribution is 0.0790. The lowest BCUT2D eigenvalue weighted by Crippen LogP contribution is -2.49. The van der Waals surface area contributed by atoms with Crippen molar-refractivity contribution in [3.63, 3.8) is 0 Å². The molecule has 2 unspecified atom stereocenters. The second-order valence-corrected chi connectivity index (χ2v) is 8.79. The number of para-hydroxylation sites is 1. The maximum atomic E-state index is 13.8. The first-order valence-electron chi connectivity index (χ1n) is 11.3. The molecule has 2 aliphatic rings. The maximum Gasteiger partial charge on any atom is 0.179 e. The summed E-state index contributed by atoms with van der Waals surface area (Å²) >= 11 is 0. The van der Waals surface area contributed by atoms with Gasteiger partial charge in [-0.15, -0.1) is 24.8 Å². The van der Waals surface area contributed by atoms with Gasteiger partial charge in [-0.1, -0.05) is 48.5 Å². The number of nitrogens with one attached hydrogen (secondary N) is 1. The van der Waals surface area contributed by atoms with Crippen molar-refractivity contribution in [3.05, 3.63) is 60.2 Å². The van der Waals surface area contributed by atoms with E-state index in [0.29, 0.717) is 24.7 Å². The summed E-state index contributed by atoms with van der Waals surface area (Å²) in [6.07, 6.45) is 4.75. The standard InChI is InChI=1S/C26H31N3O.2ClH/c1-3-28-23-12-8-7-11-22(23)25(26(28)18-9-5-4-6-10-18)24(30)17-29-20-13-14-21(29)16-19(15-20)27-2;;/h4-12,19-21,27H,3,13-17H2,1-2H3;2*1H. The third-order valence-electron chi connectivity index (χ3n) is 7.23. The molecule has 2 saturated heterocycles. The third kappa shape index (κ3) is 4.22. The molecule has 0 spiro atoms. The quantitative estimate of drug-likeness (QED) is 0.475. The van der Waals surface area contributed by atoms with Crippen LogP contribution in [0.25, 0.3) is 22.2 Å². The summed E-state index contributed by atoms with van der Waals surface area (Å²) in [6.45, 7) is 3.54. The van der Waals surface area contributed by atoms with E-state index in [2.05, 4.69) is 77.3 Å². The minimum absolute atomic E-state index is 0. The van der Waals surface area contributed by atoms with Crippen LogP contribution in [0.3, 0.4) is 0 Å². The highest BCUT2D eigenvalue weighted by atomic mass is 35.5. The number of carbonyl (C=O) groups is 1. The molecule has 1 aromatic heterocycles. The van der Waals surface area contributed by atoms with Gasteiger partial charge in [-0.05, 0) is 51.3 Å². The highest BCUT2D eigenvalue weighted by Gasteiger charge is 2.41. The molecular formula is C26H33Cl2N3O. The molecule has 3 heterocycles. The lowest BCUT2D eigenvalue weighted by Gasteiger charge is -2.38. The summed E-state index contributed by atoms with van der Waals surface area (Å²) in [4.78, 5) is 16.4. The van der Waals surface area contributed by atoms with Crippen molar-refractivity contribution in [2.45, 2.75) is 57.3 Å². The SMILES string of the molecule is CCn1c(-c2ccccc2)c(C(=O)CN2C3CCC2CC(NC)C3)c2ccccc21.Cl.Cl. The van der Waals surface area contributed by atoms with Gasteiger partial charge in [-0.25, -0.2) is 0 Å². The molecule has 4 nitrogen and oxygen atoms in total. The van der Waals surface area contributed by atoms with E-state index in [4.69, 9.17) is 0 Å². The zero-order chi connectivity index (χ0) is 20.7. The molecule has 172 valence electrons. The Balaban J connectivity index is 0.00000144. The summed E-state index contributed by atoms with van der Waals surface area (Å²) in [5.74, 6) is 0.261. The predicted octanol–water partition coefficient (Wildman–Crippen LogP) is 5.57. The molecule has 5 rings (SSSR count). The van der Waals surface area contributed by atoms with Gasteiger partial charge in [0.15, 0.2) is 5.78 Å². The van der Waals surface area contributed by atoms with Gasteiger partial charge in [-0.3, -0.25) is 9.69 Å². The second kappa shape index (κ2) is 10.4. The largest absolute Gasteiger partial charge is 0.340 e. The first-order valence-corrected chi connectivity index (χ1v) is 11.3. The van der Waals surface area contributed by atoms with E-state index in [0.717, 1.165) is 47.1 Å². The smallest absolute Gasteiger partial charge is 0.179 e. The second-order valence-electron chi connectivity index (χ2n) is 8.79. The summed E-state index contributed by atoms with van der Waals surface area (Å²) in [5.41, 5.74) is 4.24. The number of aromatic nitrogens is 1. The van der Waals surface area contributed by atoms with Gasteiger partial charge in [0.25, 0.3) is 0 Å². The van der Waals surface area contributed by atoms with Gasteiger partial charge in [-0.2, -0.15) is 0 Å². The Morgan fingerprint density at radius 3 is 2.22 bits per heavy atom. The number of nitrogens with zero attached hydrogens (tertiary/aromatic N) is 2. The summed E-state index contributed by atoms with van der Waals surface area (Å²) in [5, 5.41) is 4.55. The minimum Gasteiger partial charge on any atom is -0.340 e. The summed E-state index contributed by atoms with van der Waals surface area (Å²) in [7, 11) is 2.07. The van der Waals surface area contributed by atoms with Crippen LogP contribution >= 0.6 is 24.8 Å². The number of rotatable bonds is 6. The van der Waals surface area contributed by atoms with Gasteiger partial charge in [0.2, 0.25) is 0 Å². The highest BCUT2D eigenvalue weighted by Crippen LogP contribution is 2.38. The van der Waals surface area contributed by atoms with E-state index >= 15 is 0 Å². The van der Waals surface area contributed by atoms with Crippen molar-refractivity contribution >= 4 is 41.5 Å². The van der Waals surface area contributed by atoms with Crippen molar-refractivity contribution in [1.29, 1.82) is 0 Å². The van der Waals surface area contributed by atoms with Crippen LogP contribution in [-0.4, -0.2) is 47.0 Å². The maximum absolute atomic E-state index is 13.8. The topological polar surface area (TPSA) is 37.3 Å². The van der Waals surface area contributed by atoms with Crippen molar-refractivity contribution < 1.29 is 4.79 Å². The van der Waals surface area contributed by atoms with Crippen LogP contribution < -0.4 is 5.32 Å². The monoisotopic (exact) mass is 473 g/mol. The number of Topliss-reactive ketones (excluding diaryl/α,β-unsaturated/α-hetero) is 1. The molecule has 0 radical (unpaired) electrons. The summed E-state index contributed by atoms with van der Waals surface area (Å²) in [6, 6.07) is 20.4. The normalized spacial score (nSPS) is 22.4. The molecule has 0 aliphatic carbocycles. The number of fused-ring (bicyclic) bond motifs is 3. The number of hydrogen-bond donors (Lipinski definition) is 1. The Labute approximate surface area is 203 Å². The van der Waals surface area contributed by atoms with Crippen LogP contribution in [0.15, 0.2) is 54.6 Å². The highest BCUT2D eigenvalue weighted by molar-refractivity contribution is 6.14. The molecule has 2 atom stereocenters. The number of halogens is 2. The van der Waals surface area contributed by atoms with Crippen molar-refractivity contribution in [1.82, 2.24) is 14.8 Å². The molecule has 2 aromatic carbocycles. The fourth-order valence-electron chi connectivity index (χ4n) is 5.82. The number of piperidine rings is 1. The zero-order valence-corrected chi connectivity index (χ0v) is 20.4. The van der Waals surface area contributed by atoms with E-state index < -0.39 is 0 Å². The average molecular weight is 474 g/mol. The number of ketones is 1. The number of benzene rings is 2. The molecule has 32 heavy (non-hydrogen) atoms. The van der Waals surface area contributed by atoms with Gasteiger partial charge < -0.3 is 9.88 Å². The molecular weight excluding hydrogens is 441 g/mol. The van der Waals surface area contributed by atoms with E-state index in [1.54, 1.807) is 0 Å². The first-order chi connectivity index (χ1) is 14.7. The average Bonchev–Trinajstić information content (AvgIpc) is 3.23. The zero-order valence-electron chi connectivity index (χ0n) is 18.8. The molecule has 3 aromatic rings. The molecule has 0 amide bonds. The first kappa shape index (κ1) is 24.8. The molecule has 2 aliphatic heterocycles. The van der Waals surface area contributed by atoms with Gasteiger partial charge >= 0.3 is 0 Å². The number of aryl methyl sites for hydroxylation is 1. The van der Waals surface area contributed by atoms with Crippen LogP contribution in [0.1, 0.15) is 43.0 Å². The Morgan fingerprint density at radius 1 is 0.969 bits per heavy atom. The van der Waals surface area contributed by atoms with E-state index in [1.165, 1.54) is 12.8 Å². The van der Waals surface area contributed by atoms with Crippen LogP contribution in [0.5, 0.6) is 0 Å². The molecule has 1 N–H and O–H groups in total. The van der Waals surface area contributed by atoms with Crippen LogP contribution in [0, 0.1) is 0 Å². The number of carbonyl (C=O) groups excluding carboxylic acids is 1. The lowest BCUT2D eigenvalue weighted by atomic mass is 9.95. The van der Waals surface area contributed by atoms with E-state index in [-0.39, 0.29) is 30.6 Å². The van der Waals surface area contributed by atoms with Crippen molar-refractivity contribution in [2.75, 3.05) is 13.6 Å². The van der Waals surface area contributed by atoms with Gasteiger partial charge in [0.1, 0.15) is 0 Å². The Kier molecular flexibility index (Phi) is 8.05. The Bertz CT molecular complexity index is 1050. The molecule has 2 bridgehead atoms.